The number of rotatable bonds is 5. The zero-order valence-electron chi connectivity index (χ0n) is 21.0. The van der Waals surface area contributed by atoms with E-state index >= 15 is 0 Å². The van der Waals surface area contributed by atoms with Gasteiger partial charge in [-0.15, -0.1) is 0 Å². The van der Waals surface area contributed by atoms with Gasteiger partial charge >= 0.3 is 0 Å². The molecular formula is C30H34FNO4. The molecular weight excluding hydrogens is 457 g/mol. The van der Waals surface area contributed by atoms with E-state index in [9.17, 15) is 14.6 Å². The maximum atomic E-state index is 13.8. The summed E-state index contributed by atoms with van der Waals surface area (Å²) in [5.74, 6) is 1.12. The molecule has 36 heavy (non-hydrogen) atoms. The first kappa shape index (κ1) is 21.9. The summed E-state index contributed by atoms with van der Waals surface area (Å²) in [6, 6.07) is 10.5. The number of phenolic OH excluding ortho intramolecular Hbond substituents is 1. The summed E-state index contributed by atoms with van der Waals surface area (Å²) in [7, 11) is 1.76. The lowest BCUT2D eigenvalue weighted by atomic mass is 9.46. The quantitative estimate of drug-likeness (QED) is 0.654. The minimum Gasteiger partial charge on any atom is -0.504 e. The minimum absolute atomic E-state index is 0.110. The molecule has 6 heteroatoms. The summed E-state index contributed by atoms with van der Waals surface area (Å²) in [6.45, 7) is 4.05. The number of likely N-dealkylation sites (tertiary alicyclic amines) is 1. The van der Waals surface area contributed by atoms with E-state index in [1.165, 1.54) is 36.1 Å². The summed E-state index contributed by atoms with van der Waals surface area (Å²) in [5, 5.41) is 23.1. The molecule has 6 aliphatic rings. The van der Waals surface area contributed by atoms with Crippen LogP contribution in [0, 0.1) is 23.1 Å². The van der Waals surface area contributed by atoms with E-state index in [-0.39, 0.29) is 34.4 Å². The maximum Gasteiger partial charge on any atom is 0.165 e. The number of halogens is 1. The van der Waals surface area contributed by atoms with Crippen molar-refractivity contribution in [2.75, 3.05) is 20.2 Å². The number of phenols is 1. The van der Waals surface area contributed by atoms with Crippen LogP contribution in [0.1, 0.15) is 55.7 Å². The van der Waals surface area contributed by atoms with Crippen molar-refractivity contribution in [3.05, 3.63) is 58.9 Å². The number of nitrogens with zero attached hydrogens (tertiary/aromatic N) is 1. The lowest BCUT2D eigenvalue weighted by Gasteiger charge is -2.63. The van der Waals surface area contributed by atoms with E-state index < -0.39 is 11.2 Å². The number of aromatic hydroxyl groups is 1. The minimum atomic E-state index is -1.22. The molecule has 2 heterocycles. The smallest absolute Gasteiger partial charge is 0.165 e. The molecule has 3 saturated carbocycles. The van der Waals surface area contributed by atoms with Crippen molar-refractivity contribution in [3.8, 4) is 11.5 Å². The van der Waals surface area contributed by atoms with Gasteiger partial charge in [-0.2, -0.15) is 0 Å². The van der Waals surface area contributed by atoms with Crippen LogP contribution >= 0.6 is 0 Å². The SMILES string of the molecule is CO[C@]12C[C@@]3(C[C@@H]1[C@](C)(O)c1ccc(F)cc1)[C@H]1Cc4ccc(O)c5c4[C@@]3(CCN1CC1CC1)[C@H]2O5. The molecule has 2 N–H and O–H groups in total. The van der Waals surface area contributed by atoms with E-state index in [4.69, 9.17) is 9.47 Å². The molecule has 7 atom stereocenters. The van der Waals surface area contributed by atoms with Gasteiger partial charge in [-0.25, -0.2) is 4.39 Å². The Kier molecular flexibility index (Phi) is 4.04. The van der Waals surface area contributed by atoms with Crippen molar-refractivity contribution < 1.29 is 24.1 Å². The Bertz CT molecular complexity index is 1270. The molecule has 2 spiro atoms. The van der Waals surface area contributed by atoms with Crippen molar-refractivity contribution in [1.82, 2.24) is 4.90 Å². The Labute approximate surface area is 211 Å². The largest absolute Gasteiger partial charge is 0.504 e. The van der Waals surface area contributed by atoms with Crippen LogP contribution < -0.4 is 4.74 Å². The van der Waals surface area contributed by atoms with Crippen molar-refractivity contribution in [2.24, 2.45) is 17.3 Å². The predicted octanol–water partition coefficient (Wildman–Crippen LogP) is 4.27. The number of aliphatic hydroxyl groups is 1. The molecule has 0 unspecified atom stereocenters. The van der Waals surface area contributed by atoms with Crippen molar-refractivity contribution >= 4 is 0 Å². The highest BCUT2D eigenvalue weighted by Gasteiger charge is 2.86. The number of piperidine rings is 1. The summed E-state index contributed by atoms with van der Waals surface area (Å²) >= 11 is 0. The second-order valence-electron chi connectivity index (χ2n) is 12.7. The van der Waals surface area contributed by atoms with Crippen molar-refractivity contribution in [3.63, 3.8) is 0 Å². The highest BCUT2D eigenvalue weighted by atomic mass is 19.1. The number of fused-ring (bicyclic) bond motifs is 2. The lowest BCUT2D eigenvalue weighted by Crippen LogP contribution is -2.70. The van der Waals surface area contributed by atoms with Crippen LogP contribution in [0.4, 0.5) is 4.39 Å². The van der Waals surface area contributed by atoms with Gasteiger partial charge in [0.2, 0.25) is 0 Å². The molecule has 0 aromatic heterocycles. The molecule has 1 saturated heterocycles. The molecule has 8 rings (SSSR count). The number of hydrogen-bond acceptors (Lipinski definition) is 5. The van der Waals surface area contributed by atoms with Crippen LogP contribution in [0.25, 0.3) is 0 Å². The molecule has 190 valence electrons. The number of methoxy groups -OCH3 is 1. The first-order valence-electron chi connectivity index (χ1n) is 13.6. The second-order valence-corrected chi connectivity index (χ2v) is 12.7. The normalized spacial score (nSPS) is 41.2. The first-order chi connectivity index (χ1) is 17.3. The molecule has 2 aliphatic heterocycles. The molecule has 4 fully saturated rings. The second kappa shape index (κ2) is 6.64. The third kappa shape index (κ3) is 2.30. The molecule has 2 aromatic rings. The molecule has 4 aliphatic carbocycles. The average molecular weight is 492 g/mol. The van der Waals surface area contributed by atoms with E-state index in [1.54, 1.807) is 25.3 Å². The highest BCUT2D eigenvalue weighted by Crippen LogP contribution is 2.81. The van der Waals surface area contributed by atoms with Gasteiger partial charge in [-0.3, -0.25) is 4.90 Å². The third-order valence-electron chi connectivity index (χ3n) is 11.4. The molecule has 4 bridgehead atoms. The number of hydrogen-bond donors (Lipinski definition) is 2. The van der Waals surface area contributed by atoms with Gasteiger partial charge in [0.05, 0.1) is 5.60 Å². The van der Waals surface area contributed by atoms with Crippen LogP contribution in [0.15, 0.2) is 36.4 Å². The fraction of sp³-hybridized carbons (Fsp3) is 0.600. The van der Waals surface area contributed by atoms with E-state index in [0.29, 0.717) is 17.4 Å². The summed E-state index contributed by atoms with van der Waals surface area (Å²) in [4.78, 5) is 2.74. The Morgan fingerprint density at radius 2 is 1.97 bits per heavy atom. The number of ether oxygens (including phenoxy) is 2. The van der Waals surface area contributed by atoms with E-state index in [2.05, 4.69) is 11.0 Å². The van der Waals surface area contributed by atoms with Gasteiger partial charge < -0.3 is 19.7 Å². The predicted molar refractivity (Wildman–Crippen MR) is 131 cm³/mol. The van der Waals surface area contributed by atoms with Gasteiger partial charge in [-0.1, -0.05) is 18.2 Å². The van der Waals surface area contributed by atoms with Crippen molar-refractivity contribution in [1.29, 1.82) is 0 Å². The van der Waals surface area contributed by atoms with Crippen LogP contribution in [-0.2, 0) is 22.2 Å². The monoisotopic (exact) mass is 491 g/mol. The fourth-order valence-electron chi connectivity index (χ4n) is 9.86. The standard InChI is InChI=1S/C30H34FNO4/c1-27(34,19-6-8-20(31)9-7-19)22-14-28-16-30(22,35-2)26-29(28)11-12-32(15-17-3-4-17)23(28)13-18-5-10-21(33)25(36-26)24(18)29/h5-10,17,22-23,26,33-34H,3-4,11-16H2,1-2H3/t22-,23-,26-,27-,28+,29+,30-/m1/s1. The van der Waals surface area contributed by atoms with Crippen LogP contribution in [-0.4, -0.2) is 53.1 Å². The third-order valence-corrected chi connectivity index (χ3v) is 11.4. The lowest BCUT2D eigenvalue weighted by molar-refractivity contribution is -0.191. The van der Waals surface area contributed by atoms with E-state index in [0.717, 1.165) is 44.7 Å². The summed E-state index contributed by atoms with van der Waals surface area (Å²) in [6.07, 6.45) is 5.97. The van der Waals surface area contributed by atoms with Gasteiger partial charge in [0, 0.05) is 42.0 Å². The van der Waals surface area contributed by atoms with Crippen LogP contribution in [0.2, 0.25) is 0 Å². The molecule has 0 radical (unpaired) electrons. The Balaban J connectivity index is 1.33. The zero-order valence-corrected chi connectivity index (χ0v) is 21.0. The molecule has 0 amide bonds. The molecule has 2 aromatic carbocycles. The van der Waals surface area contributed by atoms with Crippen LogP contribution in [0.5, 0.6) is 11.5 Å². The summed E-state index contributed by atoms with van der Waals surface area (Å²) < 4.78 is 27.1. The topological polar surface area (TPSA) is 62.2 Å². The Hall–Kier alpha value is -2.15. The van der Waals surface area contributed by atoms with Gasteiger partial charge in [0.25, 0.3) is 0 Å². The summed E-state index contributed by atoms with van der Waals surface area (Å²) in [5.41, 5.74) is 0.976. The van der Waals surface area contributed by atoms with Gasteiger partial charge in [-0.05, 0) is 87.2 Å². The maximum absolute atomic E-state index is 13.8. The Morgan fingerprint density at radius 1 is 1.19 bits per heavy atom. The molecule has 5 nitrogen and oxygen atoms in total. The zero-order chi connectivity index (χ0) is 24.7. The first-order valence-corrected chi connectivity index (χ1v) is 13.6. The number of benzene rings is 2. The van der Waals surface area contributed by atoms with Crippen molar-refractivity contribution in [2.45, 2.75) is 74.2 Å². The van der Waals surface area contributed by atoms with E-state index in [1.807, 2.05) is 6.92 Å². The average Bonchev–Trinajstić information content (AvgIpc) is 3.41. The van der Waals surface area contributed by atoms with Crippen LogP contribution in [0.3, 0.4) is 0 Å². The van der Waals surface area contributed by atoms with Gasteiger partial charge in [0.1, 0.15) is 17.5 Å². The highest BCUT2D eigenvalue weighted by molar-refractivity contribution is 5.64. The van der Waals surface area contributed by atoms with Gasteiger partial charge in [0.15, 0.2) is 11.5 Å². The fourth-order valence-corrected chi connectivity index (χ4v) is 9.86. The Morgan fingerprint density at radius 3 is 2.69 bits per heavy atom.